The van der Waals surface area contributed by atoms with Gasteiger partial charge in [0.25, 0.3) is 5.91 Å². The highest BCUT2D eigenvalue weighted by Crippen LogP contribution is 2.24. The Balaban J connectivity index is 2.18. The Morgan fingerprint density at radius 2 is 1.84 bits per heavy atom. The van der Waals surface area contributed by atoms with Crippen molar-refractivity contribution in [2.24, 2.45) is 0 Å². The molecule has 0 aliphatic heterocycles. The monoisotopic (exact) mass is 390 g/mol. The molecular weight excluding hydrogens is 378 g/mol. The molecular formula is C14H12F2N2O5S2. The molecule has 7 nitrogen and oxygen atoms in total. The molecule has 1 heterocycles. The van der Waals surface area contributed by atoms with Crippen LogP contribution in [-0.4, -0.2) is 38.1 Å². The van der Waals surface area contributed by atoms with E-state index in [0.29, 0.717) is 5.69 Å². The van der Waals surface area contributed by atoms with Crippen LogP contribution in [0.2, 0.25) is 0 Å². The summed E-state index contributed by atoms with van der Waals surface area (Å²) in [4.78, 5) is 27.3. The minimum absolute atomic E-state index is 0.0423. The maximum Gasteiger partial charge on any atom is 0.350 e. The van der Waals surface area contributed by atoms with Crippen LogP contribution in [0.1, 0.15) is 25.7 Å². The minimum Gasteiger partial charge on any atom is -0.465 e. The number of nitrogens with one attached hydrogen (secondary N) is 1. The van der Waals surface area contributed by atoms with Crippen LogP contribution in [-0.2, 0) is 14.6 Å². The van der Waals surface area contributed by atoms with Crippen LogP contribution in [0.3, 0.4) is 0 Å². The van der Waals surface area contributed by atoms with Gasteiger partial charge >= 0.3 is 11.7 Å². The Morgan fingerprint density at radius 3 is 2.36 bits per heavy atom. The number of carbonyl (C=O) groups is 2. The summed E-state index contributed by atoms with van der Waals surface area (Å²) in [6.07, 6.45) is 0. The number of anilines is 1. The van der Waals surface area contributed by atoms with E-state index in [9.17, 15) is 26.8 Å². The first kappa shape index (κ1) is 18.9. The summed E-state index contributed by atoms with van der Waals surface area (Å²) in [6, 6.07) is 4.05. The van der Waals surface area contributed by atoms with E-state index in [-0.39, 0.29) is 15.6 Å². The lowest BCUT2D eigenvalue weighted by Crippen LogP contribution is -2.14. The molecule has 2 aromatic rings. The van der Waals surface area contributed by atoms with Gasteiger partial charge in [0.1, 0.15) is 4.88 Å². The average Bonchev–Trinajstić information content (AvgIpc) is 2.94. The van der Waals surface area contributed by atoms with Crippen molar-refractivity contribution in [1.82, 2.24) is 4.98 Å². The summed E-state index contributed by atoms with van der Waals surface area (Å²) in [6.45, 7) is 1.57. The number of hydrogen-bond donors (Lipinski definition) is 1. The average molecular weight is 390 g/mol. The summed E-state index contributed by atoms with van der Waals surface area (Å²) < 4.78 is 52.2. The van der Waals surface area contributed by atoms with Crippen molar-refractivity contribution in [1.29, 1.82) is 0 Å². The fourth-order valence-electron chi connectivity index (χ4n) is 1.80. The maximum absolute atomic E-state index is 12.5. The summed E-state index contributed by atoms with van der Waals surface area (Å²) in [5.74, 6) is -4.76. The molecule has 25 heavy (non-hydrogen) atoms. The van der Waals surface area contributed by atoms with E-state index in [1.54, 1.807) is 6.92 Å². The fraction of sp³-hybridized carbons (Fsp3) is 0.214. The lowest BCUT2D eigenvalue weighted by atomic mass is 10.2. The molecule has 0 saturated carbocycles. The second kappa shape index (κ2) is 7.23. The van der Waals surface area contributed by atoms with Gasteiger partial charge in [0, 0.05) is 5.56 Å². The summed E-state index contributed by atoms with van der Waals surface area (Å²) in [5, 5.41) is 2.59. The number of hydrogen-bond acceptors (Lipinski definition) is 7. The number of thiazole rings is 1. The van der Waals surface area contributed by atoms with Gasteiger partial charge in [-0.05, 0) is 31.2 Å². The van der Waals surface area contributed by atoms with E-state index in [2.05, 4.69) is 15.0 Å². The molecule has 134 valence electrons. The van der Waals surface area contributed by atoms with Crippen LogP contribution in [0, 0.1) is 6.92 Å². The molecule has 0 atom stereocenters. The maximum atomic E-state index is 12.5. The first-order valence-electron chi connectivity index (χ1n) is 6.66. The van der Waals surface area contributed by atoms with Crippen molar-refractivity contribution in [3.8, 4) is 0 Å². The number of carbonyl (C=O) groups excluding carboxylic acids is 2. The predicted molar refractivity (Wildman–Crippen MR) is 85.8 cm³/mol. The molecule has 0 radical (unpaired) electrons. The first-order chi connectivity index (χ1) is 11.7. The van der Waals surface area contributed by atoms with Gasteiger partial charge in [0.05, 0.1) is 17.7 Å². The van der Waals surface area contributed by atoms with Gasteiger partial charge in [-0.15, -0.1) is 0 Å². The number of esters is 1. The summed E-state index contributed by atoms with van der Waals surface area (Å²) in [5.41, 5.74) is 0.422. The Kier molecular flexibility index (Phi) is 5.48. The van der Waals surface area contributed by atoms with Gasteiger partial charge in [-0.2, -0.15) is 8.78 Å². The molecule has 1 N–H and O–H groups in total. The van der Waals surface area contributed by atoms with Crippen molar-refractivity contribution in [2.45, 2.75) is 17.6 Å². The van der Waals surface area contributed by atoms with E-state index in [0.717, 1.165) is 35.6 Å². The lowest BCUT2D eigenvalue weighted by molar-refractivity contribution is 0.0605. The second-order valence-corrected chi connectivity index (χ2v) is 7.63. The molecule has 0 saturated heterocycles. The molecule has 0 aliphatic carbocycles. The van der Waals surface area contributed by atoms with Crippen LogP contribution in [0.25, 0.3) is 0 Å². The number of alkyl halides is 2. The smallest absolute Gasteiger partial charge is 0.350 e. The molecule has 1 aromatic carbocycles. The molecule has 1 amide bonds. The van der Waals surface area contributed by atoms with Crippen molar-refractivity contribution in [3.63, 3.8) is 0 Å². The Bertz CT molecular complexity index is 908. The summed E-state index contributed by atoms with van der Waals surface area (Å²) in [7, 11) is -3.50. The van der Waals surface area contributed by atoms with Gasteiger partial charge in [-0.1, -0.05) is 11.3 Å². The zero-order valence-electron chi connectivity index (χ0n) is 12.9. The first-order valence-corrected chi connectivity index (χ1v) is 9.02. The largest absolute Gasteiger partial charge is 0.465 e. The Hall–Kier alpha value is -2.40. The number of nitrogens with zero attached hydrogens (tertiary/aromatic N) is 1. The van der Waals surface area contributed by atoms with E-state index in [1.165, 1.54) is 7.11 Å². The highest BCUT2D eigenvalue weighted by Gasteiger charge is 2.26. The molecule has 0 spiro atoms. The van der Waals surface area contributed by atoms with Crippen molar-refractivity contribution in [3.05, 3.63) is 40.4 Å². The third-order valence-corrected chi connectivity index (χ3v) is 5.52. The number of rotatable bonds is 5. The normalized spacial score (nSPS) is 11.4. The number of sulfone groups is 1. The minimum atomic E-state index is -4.72. The van der Waals surface area contributed by atoms with Crippen LogP contribution < -0.4 is 5.32 Å². The number of aromatic nitrogens is 1. The molecule has 11 heteroatoms. The zero-order chi connectivity index (χ0) is 18.8. The van der Waals surface area contributed by atoms with Crippen LogP contribution in [0.15, 0.2) is 29.2 Å². The van der Waals surface area contributed by atoms with Gasteiger partial charge in [-0.3, -0.25) is 10.1 Å². The topological polar surface area (TPSA) is 102 Å². The van der Waals surface area contributed by atoms with Crippen LogP contribution in [0.4, 0.5) is 13.9 Å². The molecule has 0 bridgehead atoms. The van der Waals surface area contributed by atoms with Gasteiger partial charge < -0.3 is 4.74 Å². The van der Waals surface area contributed by atoms with Crippen molar-refractivity contribution in [2.75, 3.05) is 12.4 Å². The molecule has 1 aromatic heterocycles. The van der Waals surface area contributed by atoms with Crippen LogP contribution in [0.5, 0.6) is 0 Å². The number of amides is 1. The standard InChI is InChI=1S/C14H12F2N2O5S2/c1-7-10(12(20)23-2)24-14(17-7)18-11(19)8-3-5-9(6-4-8)25(21,22)13(15)16/h3-6,13H,1-2H3,(H,17,18,19). The number of ether oxygens (including phenoxy) is 1. The van der Waals surface area contributed by atoms with Gasteiger partial charge in [0.15, 0.2) is 5.13 Å². The van der Waals surface area contributed by atoms with Gasteiger partial charge in [-0.25, -0.2) is 18.2 Å². The van der Waals surface area contributed by atoms with E-state index >= 15 is 0 Å². The van der Waals surface area contributed by atoms with Gasteiger partial charge in [0.2, 0.25) is 9.84 Å². The highest BCUT2D eigenvalue weighted by atomic mass is 32.2. The highest BCUT2D eigenvalue weighted by molar-refractivity contribution is 7.91. The SMILES string of the molecule is COC(=O)c1sc(NC(=O)c2ccc(S(=O)(=O)C(F)F)cc2)nc1C. The zero-order valence-corrected chi connectivity index (χ0v) is 14.6. The van der Waals surface area contributed by atoms with Crippen molar-refractivity contribution < 1.29 is 31.5 Å². The van der Waals surface area contributed by atoms with Crippen molar-refractivity contribution >= 4 is 38.2 Å². The molecule has 2 rings (SSSR count). The quantitative estimate of drug-likeness (QED) is 0.787. The Labute approximate surface area is 145 Å². The molecule has 0 unspecified atom stereocenters. The third kappa shape index (κ3) is 3.99. The summed E-state index contributed by atoms with van der Waals surface area (Å²) >= 11 is 0.914. The van der Waals surface area contributed by atoms with E-state index in [1.807, 2.05) is 0 Å². The fourth-order valence-corrected chi connectivity index (χ4v) is 3.40. The Morgan fingerprint density at radius 1 is 1.24 bits per heavy atom. The third-order valence-electron chi connectivity index (χ3n) is 3.07. The predicted octanol–water partition coefficient (Wildman–Crippen LogP) is 2.49. The van der Waals surface area contributed by atoms with E-state index in [4.69, 9.17) is 0 Å². The lowest BCUT2D eigenvalue weighted by Gasteiger charge is -2.05. The van der Waals surface area contributed by atoms with E-state index < -0.39 is 32.4 Å². The molecule has 0 fully saturated rings. The number of benzene rings is 1. The number of methoxy groups -OCH3 is 1. The number of aryl methyl sites for hydroxylation is 1. The van der Waals surface area contributed by atoms with Crippen LogP contribution >= 0.6 is 11.3 Å². The number of halogens is 2. The second-order valence-electron chi connectivity index (χ2n) is 4.71. The molecule has 0 aliphatic rings.